The summed E-state index contributed by atoms with van der Waals surface area (Å²) in [5, 5.41) is 0. The molecule has 16 heavy (non-hydrogen) atoms. The van der Waals surface area contributed by atoms with E-state index in [-0.39, 0.29) is 5.56 Å². The van der Waals surface area contributed by atoms with Crippen molar-refractivity contribution in [3.05, 3.63) is 45.7 Å². The fourth-order valence-electron chi connectivity index (χ4n) is 2.07. The molecule has 4 nitrogen and oxygen atoms in total. The van der Waals surface area contributed by atoms with E-state index in [1.54, 1.807) is 0 Å². The Morgan fingerprint density at radius 1 is 1.31 bits per heavy atom. The molecule has 0 radical (unpaired) electrons. The van der Waals surface area contributed by atoms with Crippen LogP contribution in [0.25, 0.3) is 0 Å². The summed E-state index contributed by atoms with van der Waals surface area (Å²) < 4.78 is 6.74. The smallest absolute Gasteiger partial charge is 0.302 e. The van der Waals surface area contributed by atoms with Crippen molar-refractivity contribution in [2.75, 3.05) is 11.4 Å². The highest BCUT2D eigenvalue weighted by molar-refractivity contribution is 6.99. The van der Waals surface area contributed by atoms with E-state index in [4.69, 9.17) is 0 Å². The minimum absolute atomic E-state index is 0.0793. The van der Waals surface area contributed by atoms with Gasteiger partial charge in [0.1, 0.15) is 0 Å². The molecule has 1 aromatic carbocycles. The molecule has 3 rings (SSSR count). The Hall–Kier alpha value is -1.62. The van der Waals surface area contributed by atoms with Crippen molar-refractivity contribution in [1.82, 2.24) is 8.75 Å². The first-order valence-corrected chi connectivity index (χ1v) is 5.98. The lowest BCUT2D eigenvalue weighted by Crippen LogP contribution is -2.33. The molecule has 1 aromatic heterocycles. The van der Waals surface area contributed by atoms with Gasteiger partial charge in [-0.25, -0.2) is 0 Å². The van der Waals surface area contributed by atoms with E-state index in [1.807, 2.05) is 11.0 Å². The number of aromatic nitrogens is 2. The van der Waals surface area contributed by atoms with Crippen molar-refractivity contribution in [2.45, 2.75) is 13.0 Å². The maximum Gasteiger partial charge on any atom is 0.302 e. The van der Waals surface area contributed by atoms with Crippen LogP contribution in [-0.2, 0) is 13.0 Å². The first-order valence-electron chi connectivity index (χ1n) is 5.20. The third-order valence-electron chi connectivity index (χ3n) is 2.90. The maximum atomic E-state index is 11.5. The molecule has 2 aromatic rings. The molecule has 0 aliphatic carbocycles. The normalized spacial score (nSPS) is 14.9. The predicted molar refractivity (Wildman–Crippen MR) is 63.9 cm³/mol. The maximum absolute atomic E-state index is 11.5. The zero-order chi connectivity index (χ0) is 11.0. The van der Waals surface area contributed by atoms with Gasteiger partial charge in [0, 0.05) is 24.8 Å². The van der Waals surface area contributed by atoms with Crippen LogP contribution in [-0.4, -0.2) is 15.3 Å². The third kappa shape index (κ3) is 1.53. The van der Waals surface area contributed by atoms with Crippen LogP contribution < -0.4 is 10.5 Å². The number of nitrogens with one attached hydrogen (secondary N) is 1. The van der Waals surface area contributed by atoms with Crippen LogP contribution >= 0.6 is 11.7 Å². The molecule has 0 fully saturated rings. The second-order valence-corrected chi connectivity index (χ2v) is 4.45. The van der Waals surface area contributed by atoms with E-state index < -0.39 is 0 Å². The van der Waals surface area contributed by atoms with Gasteiger partial charge < -0.3 is 4.90 Å². The summed E-state index contributed by atoms with van der Waals surface area (Å²) in [4.78, 5) is 13.5. The molecule has 0 spiro atoms. The van der Waals surface area contributed by atoms with Gasteiger partial charge in [-0.05, 0) is 17.5 Å². The number of hydrogen-bond donors (Lipinski definition) is 1. The lowest BCUT2D eigenvalue weighted by atomic mass is 10.0. The minimum atomic E-state index is -0.0793. The van der Waals surface area contributed by atoms with E-state index in [2.05, 4.69) is 26.9 Å². The van der Waals surface area contributed by atoms with Gasteiger partial charge in [-0.15, -0.1) is 0 Å². The number of benzene rings is 1. The molecule has 2 heterocycles. The highest BCUT2D eigenvalue weighted by Crippen LogP contribution is 2.20. The molecule has 0 saturated carbocycles. The molecule has 0 atom stereocenters. The number of aromatic amines is 1. The molecule has 1 aliphatic rings. The van der Waals surface area contributed by atoms with Crippen molar-refractivity contribution in [3.8, 4) is 0 Å². The number of H-pyrrole nitrogens is 1. The molecule has 5 heteroatoms. The monoisotopic (exact) mass is 233 g/mol. The van der Waals surface area contributed by atoms with Crippen LogP contribution in [0.15, 0.2) is 29.1 Å². The molecule has 1 N–H and O–H groups in total. The van der Waals surface area contributed by atoms with E-state index in [1.165, 1.54) is 11.1 Å². The van der Waals surface area contributed by atoms with Crippen LogP contribution in [0.5, 0.6) is 0 Å². The first kappa shape index (κ1) is 9.59. The van der Waals surface area contributed by atoms with Crippen LogP contribution in [0.3, 0.4) is 0 Å². The van der Waals surface area contributed by atoms with E-state index in [0.29, 0.717) is 5.82 Å². The minimum Gasteiger partial charge on any atom is -0.346 e. The molecular formula is C11H11N3OS. The molecule has 82 valence electrons. The Labute approximate surface area is 96.9 Å². The standard InChI is InChI=1S/C11H11N3OS/c15-11-10(12-16-13-11)14-6-5-8-3-1-2-4-9(8)7-14/h1-4H,5-7H2,(H,13,15). The van der Waals surface area contributed by atoms with Gasteiger partial charge in [-0.3, -0.25) is 9.17 Å². The quantitative estimate of drug-likeness (QED) is 0.810. The van der Waals surface area contributed by atoms with Crippen LogP contribution in [0.1, 0.15) is 11.1 Å². The van der Waals surface area contributed by atoms with Crippen LogP contribution in [0.2, 0.25) is 0 Å². The number of rotatable bonds is 1. The zero-order valence-electron chi connectivity index (χ0n) is 8.64. The summed E-state index contributed by atoms with van der Waals surface area (Å²) in [7, 11) is 0. The Bertz CT molecular complexity index is 560. The molecule has 0 unspecified atom stereocenters. The summed E-state index contributed by atoms with van der Waals surface area (Å²) in [6.07, 6.45) is 0.979. The fraction of sp³-hybridized carbons (Fsp3) is 0.273. The Balaban J connectivity index is 1.94. The topological polar surface area (TPSA) is 49.0 Å². The second-order valence-electron chi connectivity index (χ2n) is 3.88. The van der Waals surface area contributed by atoms with Gasteiger partial charge in [-0.1, -0.05) is 24.3 Å². The molecule has 1 aliphatic heterocycles. The molecule has 0 saturated heterocycles. The Kier molecular flexibility index (Phi) is 2.25. The van der Waals surface area contributed by atoms with E-state index >= 15 is 0 Å². The molecular weight excluding hydrogens is 222 g/mol. The summed E-state index contributed by atoms with van der Waals surface area (Å²) >= 11 is 1.11. The molecule has 0 amide bonds. The lowest BCUT2D eigenvalue weighted by molar-refractivity contribution is 0.721. The predicted octanol–water partition coefficient (Wildman–Crippen LogP) is 1.39. The average Bonchev–Trinajstić information content (AvgIpc) is 2.75. The summed E-state index contributed by atoms with van der Waals surface area (Å²) in [5.74, 6) is 0.555. The van der Waals surface area contributed by atoms with Crippen molar-refractivity contribution in [3.63, 3.8) is 0 Å². The summed E-state index contributed by atoms with van der Waals surface area (Å²) in [6.45, 7) is 1.65. The highest BCUT2D eigenvalue weighted by atomic mass is 32.1. The Morgan fingerprint density at radius 3 is 2.88 bits per heavy atom. The first-order chi connectivity index (χ1) is 7.84. The molecule has 0 bridgehead atoms. The fourth-order valence-corrected chi connectivity index (χ4v) is 2.58. The Morgan fingerprint density at radius 2 is 2.12 bits per heavy atom. The zero-order valence-corrected chi connectivity index (χ0v) is 9.46. The third-order valence-corrected chi connectivity index (χ3v) is 3.44. The van der Waals surface area contributed by atoms with Gasteiger partial charge in [0.25, 0.3) is 0 Å². The highest BCUT2D eigenvalue weighted by Gasteiger charge is 2.19. The van der Waals surface area contributed by atoms with Gasteiger partial charge in [0.15, 0.2) is 0 Å². The van der Waals surface area contributed by atoms with E-state index in [9.17, 15) is 4.79 Å². The van der Waals surface area contributed by atoms with Gasteiger partial charge in [0.2, 0.25) is 5.82 Å². The average molecular weight is 233 g/mol. The largest absolute Gasteiger partial charge is 0.346 e. The van der Waals surface area contributed by atoms with Gasteiger partial charge in [0.05, 0.1) is 0 Å². The number of fused-ring (bicyclic) bond motifs is 1. The number of anilines is 1. The van der Waals surface area contributed by atoms with Crippen molar-refractivity contribution < 1.29 is 0 Å². The second kappa shape index (κ2) is 3.75. The van der Waals surface area contributed by atoms with Crippen molar-refractivity contribution >= 4 is 17.5 Å². The van der Waals surface area contributed by atoms with Crippen molar-refractivity contribution in [1.29, 1.82) is 0 Å². The van der Waals surface area contributed by atoms with Crippen LogP contribution in [0.4, 0.5) is 5.82 Å². The number of hydrogen-bond acceptors (Lipinski definition) is 4. The number of nitrogens with zero attached hydrogens (tertiary/aromatic N) is 2. The van der Waals surface area contributed by atoms with E-state index in [0.717, 1.165) is 31.2 Å². The van der Waals surface area contributed by atoms with Crippen LogP contribution in [0, 0.1) is 0 Å². The summed E-state index contributed by atoms with van der Waals surface area (Å²) in [5.41, 5.74) is 2.59. The summed E-state index contributed by atoms with van der Waals surface area (Å²) in [6, 6.07) is 8.36. The van der Waals surface area contributed by atoms with Crippen molar-refractivity contribution in [2.24, 2.45) is 0 Å². The van der Waals surface area contributed by atoms with Gasteiger partial charge >= 0.3 is 5.56 Å². The lowest BCUT2D eigenvalue weighted by Gasteiger charge is -2.27. The van der Waals surface area contributed by atoms with Gasteiger partial charge in [-0.2, -0.15) is 4.37 Å². The SMILES string of the molecule is O=c1[nH]snc1N1CCc2ccccc2C1.